The molecule has 0 saturated carbocycles. The Hall–Kier alpha value is -1.47. The highest BCUT2D eigenvalue weighted by atomic mass is 79.9. The molecule has 2 rings (SSSR count). The molecular formula is C12H7BrClF3N2O. The van der Waals surface area contributed by atoms with E-state index in [2.05, 4.69) is 20.9 Å². The van der Waals surface area contributed by atoms with Gasteiger partial charge in [0.15, 0.2) is 0 Å². The smallest absolute Gasteiger partial charge is 0.420 e. The molecule has 0 radical (unpaired) electrons. The Morgan fingerprint density at radius 3 is 2.55 bits per heavy atom. The van der Waals surface area contributed by atoms with Crippen LogP contribution in [0.4, 0.5) is 18.9 Å². The second-order valence-corrected chi connectivity index (χ2v) is 5.12. The number of ether oxygens (including phenoxy) is 1. The number of nitrogens with two attached hydrogens (primary N) is 1. The lowest BCUT2D eigenvalue weighted by Crippen LogP contribution is -2.08. The summed E-state index contributed by atoms with van der Waals surface area (Å²) in [5, 5.41) is 0.0873. The van der Waals surface area contributed by atoms with E-state index in [0.29, 0.717) is 4.47 Å². The molecule has 0 amide bonds. The minimum atomic E-state index is -4.59. The molecule has 0 fully saturated rings. The molecule has 3 nitrogen and oxygen atoms in total. The highest BCUT2D eigenvalue weighted by Crippen LogP contribution is 2.40. The molecule has 0 bridgehead atoms. The molecule has 106 valence electrons. The number of hydrogen-bond acceptors (Lipinski definition) is 3. The van der Waals surface area contributed by atoms with Gasteiger partial charge in [-0.2, -0.15) is 13.2 Å². The van der Waals surface area contributed by atoms with Crippen molar-refractivity contribution in [3.8, 4) is 11.6 Å². The van der Waals surface area contributed by atoms with Crippen molar-refractivity contribution < 1.29 is 17.9 Å². The average Bonchev–Trinajstić information content (AvgIpc) is 2.33. The molecule has 0 aliphatic rings. The number of pyridine rings is 1. The van der Waals surface area contributed by atoms with E-state index in [0.717, 1.165) is 12.1 Å². The Bertz CT molecular complexity index is 649. The van der Waals surface area contributed by atoms with Crippen LogP contribution in [0.3, 0.4) is 0 Å². The van der Waals surface area contributed by atoms with Gasteiger partial charge in [0.2, 0.25) is 5.88 Å². The number of hydrogen-bond donors (Lipinski definition) is 1. The monoisotopic (exact) mass is 366 g/mol. The fourth-order valence-corrected chi connectivity index (χ4v) is 2.11. The highest BCUT2D eigenvalue weighted by molar-refractivity contribution is 9.10. The first kappa shape index (κ1) is 14.9. The summed E-state index contributed by atoms with van der Waals surface area (Å²) in [7, 11) is 0. The summed E-state index contributed by atoms with van der Waals surface area (Å²) in [6.07, 6.45) is -3.22. The van der Waals surface area contributed by atoms with Gasteiger partial charge in [-0.1, -0.05) is 11.6 Å². The first-order valence-electron chi connectivity index (χ1n) is 5.23. The van der Waals surface area contributed by atoms with Crippen molar-refractivity contribution in [2.45, 2.75) is 6.18 Å². The molecule has 2 N–H and O–H groups in total. The summed E-state index contributed by atoms with van der Waals surface area (Å²) in [4.78, 5) is 3.82. The van der Waals surface area contributed by atoms with Gasteiger partial charge in [0, 0.05) is 16.4 Å². The molecule has 20 heavy (non-hydrogen) atoms. The normalized spacial score (nSPS) is 11.4. The minimum Gasteiger partial charge on any atom is -0.437 e. The molecule has 2 aromatic rings. The van der Waals surface area contributed by atoms with Crippen molar-refractivity contribution >= 4 is 33.2 Å². The Kier molecular flexibility index (Phi) is 4.10. The fraction of sp³-hybridized carbons (Fsp3) is 0.0833. The van der Waals surface area contributed by atoms with Crippen LogP contribution in [-0.2, 0) is 6.18 Å². The maximum atomic E-state index is 12.9. The van der Waals surface area contributed by atoms with E-state index in [1.165, 1.54) is 18.3 Å². The average molecular weight is 368 g/mol. The summed E-state index contributed by atoms with van der Waals surface area (Å²) in [6.45, 7) is 0. The summed E-state index contributed by atoms with van der Waals surface area (Å²) >= 11 is 8.99. The second kappa shape index (κ2) is 5.49. The number of anilines is 1. The zero-order valence-corrected chi connectivity index (χ0v) is 12.1. The summed E-state index contributed by atoms with van der Waals surface area (Å²) in [5.41, 5.74) is 4.36. The minimum absolute atomic E-state index is 0.0143. The van der Waals surface area contributed by atoms with Crippen molar-refractivity contribution in [1.29, 1.82) is 0 Å². The van der Waals surface area contributed by atoms with E-state index in [1.54, 1.807) is 0 Å². The molecule has 0 atom stereocenters. The molecular weight excluding hydrogens is 360 g/mol. The summed E-state index contributed by atoms with van der Waals surface area (Å²) in [6, 6.07) is 4.69. The first-order valence-corrected chi connectivity index (χ1v) is 6.40. The highest BCUT2D eigenvalue weighted by Gasteiger charge is 2.35. The van der Waals surface area contributed by atoms with Crippen LogP contribution in [0.2, 0.25) is 5.02 Å². The Labute approximate surface area is 125 Å². The lowest BCUT2D eigenvalue weighted by molar-refractivity contribution is -0.138. The number of nitrogen functional groups attached to an aromatic ring is 1. The van der Waals surface area contributed by atoms with Gasteiger partial charge in [0.25, 0.3) is 0 Å². The Morgan fingerprint density at radius 1 is 1.25 bits per heavy atom. The molecule has 0 aliphatic carbocycles. The maximum absolute atomic E-state index is 12.9. The quantitative estimate of drug-likeness (QED) is 0.769. The molecule has 1 heterocycles. The van der Waals surface area contributed by atoms with Gasteiger partial charge >= 0.3 is 6.18 Å². The topological polar surface area (TPSA) is 48.1 Å². The molecule has 0 spiro atoms. The van der Waals surface area contributed by atoms with Crippen LogP contribution in [0.25, 0.3) is 0 Å². The van der Waals surface area contributed by atoms with Gasteiger partial charge in [0.1, 0.15) is 16.3 Å². The van der Waals surface area contributed by atoms with E-state index in [9.17, 15) is 13.2 Å². The molecule has 8 heteroatoms. The number of benzene rings is 1. The SMILES string of the molecule is Nc1ccc(Oc2ncc(Br)cc2Cl)c(C(F)(F)F)c1. The third-order valence-electron chi connectivity index (χ3n) is 2.29. The maximum Gasteiger partial charge on any atom is 0.420 e. The van der Waals surface area contributed by atoms with Crippen molar-refractivity contribution in [2.24, 2.45) is 0 Å². The predicted molar refractivity (Wildman–Crippen MR) is 72.9 cm³/mol. The van der Waals surface area contributed by atoms with Gasteiger partial charge in [0.05, 0.1) is 0 Å². The van der Waals surface area contributed by atoms with Crippen LogP contribution < -0.4 is 10.5 Å². The van der Waals surface area contributed by atoms with Crippen LogP contribution >= 0.6 is 27.5 Å². The lowest BCUT2D eigenvalue weighted by atomic mass is 10.1. The van der Waals surface area contributed by atoms with Crippen molar-refractivity contribution in [1.82, 2.24) is 4.98 Å². The molecule has 0 saturated heterocycles. The third-order valence-corrected chi connectivity index (χ3v) is 2.99. The predicted octanol–water partition coefficient (Wildman–Crippen LogP) is 4.89. The van der Waals surface area contributed by atoms with Crippen LogP contribution in [-0.4, -0.2) is 4.98 Å². The lowest BCUT2D eigenvalue weighted by Gasteiger charge is -2.14. The van der Waals surface area contributed by atoms with Crippen LogP contribution in [0.5, 0.6) is 11.6 Å². The molecule has 1 aromatic heterocycles. The van der Waals surface area contributed by atoms with Crippen molar-refractivity contribution in [3.63, 3.8) is 0 Å². The number of rotatable bonds is 2. The van der Waals surface area contributed by atoms with E-state index < -0.39 is 17.5 Å². The van der Waals surface area contributed by atoms with E-state index in [-0.39, 0.29) is 16.6 Å². The standard InChI is InChI=1S/C12H7BrClF3N2O/c13-6-3-9(14)11(19-5-6)20-10-2-1-7(18)4-8(10)12(15,16)17/h1-5H,18H2. The zero-order chi connectivity index (χ0) is 14.9. The second-order valence-electron chi connectivity index (χ2n) is 3.80. The van der Waals surface area contributed by atoms with E-state index in [4.69, 9.17) is 22.1 Å². The number of halogens is 5. The van der Waals surface area contributed by atoms with Gasteiger partial charge in [-0.05, 0) is 40.2 Å². The molecule has 1 aromatic carbocycles. The number of aromatic nitrogens is 1. The molecule has 0 unspecified atom stereocenters. The first-order chi connectivity index (χ1) is 9.27. The molecule has 0 aliphatic heterocycles. The van der Waals surface area contributed by atoms with Crippen LogP contribution in [0, 0.1) is 0 Å². The Morgan fingerprint density at radius 2 is 1.95 bits per heavy atom. The van der Waals surface area contributed by atoms with Gasteiger partial charge in [-0.25, -0.2) is 4.98 Å². The summed E-state index contributed by atoms with van der Waals surface area (Å²) in [5.74, 6) is -0.534. The van der Waals surface area contributed by atoms with Gasteiger partial charge in [-0.15, -0.1) is 0 Å². The van der Waals surface area contributed by atoms with Gasteiger partial charge < -0.3 is 10.5 Å². The Balaban J connectivity index is 2.43. The van der Waals surface area contributed by atoms with E-state index in [1.807, 2.05) is 0 Å². The van der Waals surface area contributed by atoms with Gasteiger partial charge in [-0.3, -0.25) is 0 Å². The van der Waals surface area contributed by atoms with Crippen molar-refractivity contribution in [2.75, 3.05) is 5.73 Å². The largest absolute Gasteiger partial charge is 0.437 e. The van der Waals surface area contributed by atoms with Crippen LogP contribution in [0.1, 0.15) is 5.56 Å². The fourth-order valence-electron chi connectivity index (χ4n) is 1.44. The van der Waals surface area contributed by atoms with Crippen molar-refractivity contribution in [3.05, 3.63) is 45.5 Å². The summed E-state index contributed by atoms with van der Waals surface area (Å²) < 4.78 is 44.4. The zero-order valence-electron chi connectivity index (χ0n) is 9.71. The third kappa shape index (κ3) is 3.34. The van der Waals surface area contributed by atoms with E-state index >= 15 is 0 Å². The van der Waals surface area contributed by atoms with Crippen LogP contribution in [0.15, 0.2) is 34.9 Å². The number of nitrogens with zero attached hydrogens (tertiary/aromatic N) is 1. The number of alkyl halides is 3.